The number of amides is 1. The van der Waals surface area contributed by atoms with Gasteiger partial charge in [0.1, 0.15) is 29.8 Å². The molecule has 35 heavy (non-hydrogen) atoms. The zero-order valence-electron chi connectivity index (χ0n) is 17.9. The van der Waals surface area contributed by atoms with Crippen LogP contribution in [0.15, 0.2) is 41.7 Å². The Labute approximate surface area is 232 Å². The molecule has 1 aliphatic heterocycles. The number of benzene rings is 2. The van der Waals surface area contributed by atoms with Crippen LogP contribution in [0.2, 0.25) is 5.02 Å². The molecule has 0 radical (unpaired) electrons. The van der Waals surface area contributed by atoms with Crippen molar-refractivity contribution in [1.82, 2.24) is 7.68 Å². The molecule has 1 N–H and O–H groups in total. The number of pyridine rings is 1. The fraction of sp³-hybridized carbons (Fsp3) is 0.174. The van der Waals surface area contributed by atoms with Crippen molar-refractivity contribution in [3.8, 4) is 28.7 Å². The summed E-state index contributed by atoms with van der Waals surface area (Å²) in [5.41, 5.74) is 0.00283. The first-order valence-corrected chi connectivity index (χ1v) is 12.5. The van der Waals surface area contributed by atoms with Gasteiger partial charge in [0.2, 0.25) is 0 Å². The number of hydrogen-bond acceptors (Lipinski definition) is 6. The van der Waals surface area contributed by atoms with Crippen LogP contribution in [0.5, 0.6) is 11.5 Å². The number of aromatic nitrogens is 1. The van der Waals surface area contributed by atoms with E-state index in [2.05, 4.69) is 6.58 Å². The molecule has 0 unspecified atom stereocenters. The topological polar surface area (TPSA) is 98.8 Å². The lowest BCUT2D eigenvalue weighted by atomic mass is 9.98. The normalized spacial score (nSPS) is 12.1. The van der Waals surface area contributed by atoms with Crippen molar-refractivity contribution >= 4 is 79.8 Å². The van der Waals surface area contributed by atoms with E-state index in [0.29, 0.717) is 16.6 Å². The van der Waals surface area contributed by atoms with Gasteiger partial charge in [-0.1, -0.05) is 24.2 Å². The van der Waals surface area contributed by atoms with E-state index < -0.39 is 11.4 Å². The second kappa shape index (κ2) is 10.2. The maximum atomic E-state index is 14.8. The van der Waals surface area contributed by atoms with Gasteiger partial charge in [0.25, 0.3) is 11.5 Å². The molecular formula is C23H16ClFI2N4O4. The number of aromatic hydroxyl groups is 1. The van der Waals surface area contributed by atoms with Crippen LogP contribution in [-0.4, -0.2) is 38.4 Å². The number of rotatable bonds is 6. The van der Waals surface area contributed by atoms with E-state index in [1.807, 2.05) is 51.8 Å². The first-order chi connectivity index (χ1) is 16.7. The van der Waals surface area contributed by atoms with Crippen molar-refractivity contribution < 1.29 is 19.0 Å². The lowest BCUT2D eigenvalue weighted by molar-refractivity contribution is -0.120. The lowest BCUT2D eigenvalue weighted by Gasteiger charge is -2.28. The smallest absolute Gasteiger partial charge is 0.271 e. The van der Waals surface area contributed by atoms with Crippen LogP contribution in [0, 0.1) is 17.1 Å². The van der Waals surface area contributed by atoms with Crippen LogP contribution < -0.4 is 13.4 Å². The van der Waals surface area contributed by atoms with Crippen molar-refractivity contribution in [3.05, 3.63) is 63.7 Å². The van der Waals surface area contributed by atoms with Gasteiger partial charge in [0, 0.05) is 18.5 Å². The van der Waals surface area contributed by atoms with Gasteiger partial charge >= 0.3 is 0 Å². The molecular weight excluding hydrogens is 705 g/mol. The molecule has 180 valence electrons. The highest BCUT2D eigenvalue weighted by Gasteiger charge is 2.30. The molecule has 0 atom stereocenters. The Kier molecular flexibility index (Phi) is 7.43. The van der Waals surface area contributed by atoms with Gasteiger partial charge in [-0.3, -0.25) is 12.7 Å². The molecule has 2 aromatic carbocycles. The number of carbonyl (C=O) groups is 1. The second-order valence-corrected chi connectivity index (χ2v) is 10.2. The third-order valence-corrected chi connectivity index (χ3v) is 7.71. The molecule has 0 fully saturated rings. The fourth-order valence-electron chi connectivity index (χ4n) is 3.97. The van der Waals surface area contributed by atoms with Crippen LogP contribution in [-0.2, 0) is 11.3 Å². The van der Waals surface area contributed by atoms with Gasteiger partial charge in [-0.2, -0.15) is 5.26 Å². The van der Waals surface area contributed by atoms with E-state index in [4.69, 9.17) is 16.3 Å². The monoisotopic (exact) mass is 720 g/mol. The summed E-state index contributed by atoms with van der Waals surface area (Å²) in [5.74, 6) is -1.17. The minimum Gasteiger partial charge on any atom is -0.507 e. The van der Waals surface area contributed by atoms with Gasteiger partial charge in [-0.25, -0.2) is 4.39 Å². The summed E-state index contributed by atoms with van der Waals surface area (Å²) in [6, 6.07) is 7.42. The Morgan fingerprint density at radius 1 is 1.37 bits per heavy atom. The summed E-state index contributed by atoms with van der Waals surface area (Å²) in [5, 5.41) is 20.8. The molecule has 1 amide bonds. The number of nitrogens with zero attached hydrogens (tertiary/aromatic N) is 4. The van der Waals surface area contributed by atoms with Gasteiger partial charge in [-0.15, -0.1) is 0 Å². The molecule has 2 heterocycles. The summed E-state index contributed by atoms with van der Waals surface area (Å²) < 4.78 is 25.2. The molecule has 0 saturated heterocycles. The van der Waals surface area contributed by atoms with Gasteiger partial charge < -0.3 is 17.5 Å². The number of carbonyl (C=O) groups excluding carboxylic acids is 1. The summed E-state index contributed by atoms with van der Waals surface area (Å²) in [6.07, 6.45) is 1.19. The summed E-state index contributed by atoms with van der Waals surface area (Å²) in [7, 11) is 0. The molecule has 1 aromatic heterocycles. The van der Waals surface area contributed by atoms with Crippen molar-refractivity contribution in [1.29, 1.82) is 5.26 Å². The minimum absolute atomic E-state index is 0.0762. The van der Waals surface area contributed by atoms with Crippen molar-refractivity contribution in [2.24, 2.45) is 0 Å². The van der Waals surface area contributed by atoms with E-state index in [9.17, 15) is 24.3 Å². The van der Waals surface area contributed by atoms with E-state index in [-0.39, 0.29) is 65.4 Å². The molecule has 1 aliphatic rings. The Morgan fingerprint density at radius 3 is 2.77 bits per heavy atom. The molecule has 3 aromatic rings. The number of hydrogen-bond donors (Lipinski definition) is 1. The molecule has 4 rings (SSSR count). The zero-order valence-corrected chi connectivity index (χ0v) is 23.0. The standard InChI is InChI=1S/C23H16ClFI2N4O4/c1-2-17(33)30(26)6-7-31(27)20-12-10-14(24)18(19-15(25)4-3-5-16(19)32)22-21(12)29(8-9-35-22)23(34)13(20)11-28/h2-5,10,32H,1,6-9H2. The molecule has 8 nitrogen and oxygen atoms in total. The maximum absolute atomic E-state index is 14.8. The number of nitriles is 1. The molecule has 0 spiro atoms. The van der Waals surface area contributed by atoms with Crippen LogP contribution in [0.3, 0.4) is 0 Å². The van der Waals surface area contributed by atoms with Gasteiger partial charge in [0.05, 0.1) is 79.6 Å². The Balaban J connectivity index is 2.00. The predicted octanol–water partition coefficient (Wildman–Crippen LogP) is 4.95. The Hall–Kier alpha value is -2.57. The quantitative estimate of drug-likeness (QED) is 0.220. The van der Waals surface area contributed by atoms with Crippen LogP contribution in [0.1, 0.15) is 5.56 Å². The molecule has 0 aliphatic carbocycles. The average Bonchev–Trinajstić information content (AvgIpc) is 2.84. The predicted molar refractivity (Wildman–Crippen MR) is 148 cm³/mol. The van der Waals surface area contributed by atoms with E-state index in [1.54, 1.807) is 3.11 Å². The number of ether oxygens (including phenoxy) is 1. The van der Waals surface area contributed by atoms with Gasteiger partial charge in [-0.05, 0) is 24.3 Å². The van der Waals surface area contributed by atoms with E-state index >= 15 is 0 Å². The number of anilines is 1. The lowest BCUT2D eigenvalue weighted by Crippen LogP contribution is -2.33. The Bertz CT molecular complexity index is 1470. The fourth-order valence-corrected chi connectivity index (χ4v) is 5.39. The summed E-state index contributed by atoms with van der Waals surface area (Å²) >= 11 is 10.5. The van der Waals surface area contributed by atoms with Crippen LogP contribution in [0.25, 0.3) is 22.0 Å². The SMILES string of the molecule is C=CC(=O)N(I)CCN(I)c1c(C#N)c(=O)n2c3c(c(-c4c(O)cccc4F)c(Cl)cc13)OCC2. The minimum atomic E-state index is -0.705. The highest BCUT2D eigenvalue weighted by atomic mass is 127. The van der Waals surface area contributed by atoms with Crippen molar-refractivity contribution in [2.75, 3.05) is 22.8 Å². The first kappa shape index (κ1) is 25.5. The van der Waals surface area contributed by atoms with E-state index in [0.717, 1.165) is 0 Å². The Morgan fingerprint density at radius 2 is 2.11 bits per heavy atom. The highest BCUT2D eigenvalue weighted by Crippen LogP contribution is 2.49. The van der Waals surface area contributed by atoms with Crippen LogP contribution >= 0.6 is 57.3 Å². The maximum Gasteiger partial charge on any atom is 0.271 e. The molecule has 0 bridgehead atoms. The summed E-state index contributed by atoms with van der Waals surface area (Å²) in [6.45, 7) is 4.30. The second-order valence-electron chi connectivity index (χ2n) is 7.45. The van der Waals surface area contributed by atoms with Gasteiger partial charge in [0.15, 0.2) is 5.75 Å². The number of phenols is 1. The first-order valence-electron chi connectivity index (χ1n) is 10.2. The third kappa shape index (κ3) is 4.43. The number of halogens is 4. The van der Waals surface area contributed by atoms with Crippen molar-refractivity contribution in [2.45, 2.75) is 6.54 Å². The van der Waals surface area contributed by atoms with E-state index in [1.165, 1.54) is 38.0 Å². The average molecular weight is 721 g/mol. The molecule has 12 heteroatoms. The largest absolute Gasteiger partial charge is 0.507 e. The highest BCUT2D eigenvalue weighted by molar-refractivity contribution is 14.1. The zero-order chi connectivity index (χ0) is 25.4. The number of phenolic OH excluding ortho intramolecular Hbond substituents is 1. The third-order valence-electron chi connectivity index (χ3n) is 5.49. The summed E-state index contributed by atoms with van der Waals surface area (Å²) in [4.78, 5) is 25.2. The van der Waals surface area contributed by atoms with Crippen LogP contribution in [0.4, 0.5) is 10.1 Å². The molecule has 0 saturated carbocycles. The van der Waals surface area contributed by atoms with Crippen molar-refractivity contribution in [3.63, 3.8) is 0 Å².